The molecule has 3 N–H and O–H groups in total. The van der Waals surface area contributed by atoms with Crippen LogP contribution in [0.5, 0.6) is 5.88 Å². The lowest BCUT2D eigenvalue weighted by molar-refractivity contribution is -0.193. The number of morpholine rings is 1. The van der Waals surface area contributed by atoms with Crippen LogP contribution in [-0.2, 0) is 30.8 Å². The van der Waals surface area contributed by atoms with E-state index in [-0.39, 0.29) is 34.4 Å². The molecule has 0 unspecified atom stereocenters. The Bertz CT molecular complexity index is 2290. The number of halogens is 3. The number of anilines is 2. The van der Waals surface area contributed by atoms with E-state index in [0.717, 1.165) is 42.4 Å². The number of aromatic nitrogens is 4. The molecule has 6 rings (SSSR count). The molecule has 2 aromatic carbocycles. The van der Waals surface area contributed by atoms with E-state index in [0.29, 0.717) is 34.3 Å². The van der Waals surface area contributed by atoms with Crippen molar-refractivity contribution in [2.45, 2.75) is 43.7 Å². The highest BCUT2D eigenvalue weighted by Gasteiger charge is 2.42. The molecule has 5 aromatic rings. The van der Waals surface area contributed by atoms with Gasteiger partial charge >= 0.3 is 18.1 Å². The zero-order valence-corrected chi connectivity index (χ0v) is 29.7. The first kappa shape index (κ1) is 37.3. The van der Waals surface area contributed by atoms with Gasteiger partial charge in [0, 0.05) is 35.6 Å². The molecule has 15 nitrogen and oxygen atoms in total. The topological polar surface area (TPSA) is 195 Å². The van der Waals surface area contributed by atoms with E-state index in [1.165, 1.54) is 30.7 Å². The van der Waals surface area contributed by atoms with Crippen LogP contribution < -0.4 is 14.8 Å². The Labute approximate surface area is 303 Å². The van der Waals surface area contributed by atoms with E-state index in [1.54, 1.807) is 23.7 Å². The number of benzene rings is 2. The van der Waals surface area contributed by atoms with E-state index >= 15 is 0 Å². The van der Waals surface area contributed by atoms with E-state index in [4.69, 9.17) is 9.47 Å². The van der Waals surface area contributed by atoms with Crippen LogP contribution in [0.3, 0.4) is 0 Å². The molecule has 0 saturated carbocycles. The van der Waals surface area contributed by atoms with Crippen molar-refractivity contribution >= 4 is 61.5 Å². The second kappa shape index (κ2) is 14.9. The Morgan fingerprint density at radius 2 is 1.74 bits per heavy atom. The molecule has 1 fully saturated rings. The maximum Gasteiger partial charge on any atom is 0.491 e. The fraction of sp³-hybridized carbons (Fsp3) is 0.273. The summed E-state index contributed by atoms with van der Waals surface area (Å²) in [7, 11) is -3.11. The molecule has 1 aliphatic heterocycles. The summed E-state index contributed by atoms with van der Waals surface area (Å²) in [5.74, 6) is -4.86. The second-order valence-corrected chi connectivity index (χ2v) is 14.6. The van der Waals surface area contributed by atoms with Gasteiger partial charge in [0.15, 0.2) is 0 Å². The Morgan fingerprint density at radius 1 is 1.04 bits per heavy atom. The molecular formula is C33H30F3N7O8S2. The molecule has 1 amide bonds. The van der Waals surface area contributed by atoms with Gasteiger partial charge in [0.2, 0.25) is 5.88 Å². The van der Waals surface area contributed by atoms with Crippen LogP contribution in [0, 0.1) is 0 Å². The van der Waals surface area contributed by atoms with Crippen molar-refractivity contribution in [2.75, 3.05) is 30.2 Å². The van der Waals surface area contributed by atoms with E-state index in [1.807, 2.05) is 13.8 Å². The Hall–Kier alpha value is -5.44. The third-order valence-corrected chi connectivity index (χ3v) is 10.1. The standard InChI is InChI=1S/C33H30F3N7O8S2/c1-17-13-43(14-18(2)50-17)15-28-39-27(16-52-28)29(44)40-24-8-20(9-25-23(24)12-38-41-25)21-10-26(30(49-3)37-11-21)42-53(47,48)22-6-4-19(5-7-22)31(45)51-32(46)33(34,35)36/h4-12,16-18,42H,13-15H2,1-3H3,(H,38,41)(H,40,44)/t17-,18+. The number of aromatic amines is 1. The fourth-order valence-corrected chi connectivity index (χ4v) is 7.48. The maximum absolute atomic E-state index is 13.4. The Morgan fingerprint density at radius 3 is 2.42 bits per heavy atom. The van der Waals surface area contributed by atoms with Gasteiger partial charge in [0.05, 0.1) is 53.7 Å². The zero-order chi connectivity index (χ0) is 38.1. The van der Waals surface area contributed by atoms with Gasteiger partial charge in [-0.15, -0.1) is 11.3 Å². The number of amides is 1. The summed E-state index contributed by atoms with van der Waals surface area (Å²) < 4.78 is 81.2. The third-order valence-electron chi connectivity index (χ3n) is 7.88. The number of alkyl halides is 3. The lowest BCUT2D eigenvalue weighted by Crippen LogP contribution is -2.44. The number of carbonyl (C=O) groups excluding carboxylic acids is 3. The predicted molar refractivity (Wildman–Crippen MR) is 185 cm³/mol. The maximum atomic E-state index is 13.4. The number of rotatable bonds is 10. The first-order chi connectivity index (χ1) is 25.1. The number of hydrogen-bond acceptors (Lipinski definition) is 13. The molecule has 4 heterocycles. The molecule has 0 aliphatic carbocycles. The quantitative estimate of drug-likeness (QED) is 0.127. The summed E-state index contributed by atoms with van der Waals surface area (Å²) in [5.41, 5.74) is 1.54. The van der Waals surface area contributed by atoms with Crippen LogP contribution >= 0.6 is 11.3 Å². The number of carbonyl (C=O) groups is 3. The minimum atomic E-state index is -5.39. The van der Waals surface area contributed by atoms with Gasteiger partial charge in [0.25, 0.3) is 15.9 Å². The van der Waals surface area contributed by atoms with Crippen molar-refractivity contribution < 1.29 is 50.2 Å². The minimum absolute atomic E-state index is 0.0846. The Balaban J connectivity index is 1.21. The van der Waals surface area contributed by atoms with E-state index in [9.17, 15) is 36.0 Å². The summed E-state index contributed by atoms with van der Waals surface area (Å²) in [4.78, 5) is 47.0. The van der Waals surface area contributed by atoms with Crippen LogP contribution in [-0.4, -0.2) is 89.9 Å². The average molecular weight is 774 g/mol. The number of hydrogen-bond donors (Lipinski definition) is 3. The summed E-state index contributed by atoms with van der Waals surface area (Å²) in [5, 5.41) is 13.0. The molecular weight excluding hydrogens is 744 g/mol. The van der Waals surface area contributed by atoms with Crippen molar-refractivity contribution in [1.29, 1.82) is 0 Å². The molecule has 278 valence electrons. The first-order valence-electron chi connectivity index (χ1n) is 15.7. The van der Waals surface area contributed by atoms with Crippen LogP contribution in [0.2, 0.25) is 0 Å². The molecule has 53 heavy (non-hydrogen) atoms. The fourth-order valence-electron chi connectivity index (χ4n) is 5.62. The van der Waals surface area contributed by atoms with Crippen molar-refractivity contribution in [3.63, 3.8) is 0 Å². The molecule has 0 bridgehead atoms. The molecule has 0 spiro atoms. The summed E-state index contributed by atoms with van der Waals surface area (Å²) in [6, 6.07) is 8.50. The molecule has 20 heteroatoms. The lowest BCUT2D eigenvalue weighted by Gasteiger charge is -2.34. The van der Waals surface area contributed by atoms with Crippen LogP contribution in [0.1, 0.15) is 39.7 Å². The summed E-state index contributed by atoms with van der Waals surface area (Å²) >= 11 is 1.38. The molecule has 0 radical (unpaired) electrons. The minimum Gasteiger partial charge on any atom is -0.480 e. The number of nitrogens with zero attached hydrogens (tertiary/aromatic N) is 4. The highest BCUT2D eigenvalue weighted by Crippen LogP contribution is 2.34. The summed E-state index contributed by atoms with van der Waals surface area (Å²) in [6.45, 7) is 6.13. The smallest absolute Gasteiger partial charge is 0.480 e. The average Bonchev–Trinajstić information content (AvgIpc) is 3.77. The SMILES string of the molecule is COc1ncc(-c2cc(NC(=O)c3csc(CN4C[C@@H](C)O[C@@H](C)C4)n3)c3cn[nH]c3c2)cc1NS(=O)(=O)c1ccc(C(=O)OC(=O)C(F)(F)F)cc1. The van der Waals surface area contributed by atoms with Gasteiger partial charge in [-0.3, -0.25) is 19.5 Å². The number of esters is 2. The van der Waals surface area contributed by atoms with E-state index in [2.05, 4.69) is 39.8 Å². The van der Waals surface area contributed by atoms with Gasteiger partial charge < -0.3 is 19.5 Å². The van der Waals surface area contributed by atoms with Gasteiger partial charge in [-0.05, 0) is 61.9 Å². The van der Waals surface area contributed by atoms with Crippen molar-refractivity contribution in [1.82, 2.24) is 25.1 Å². The largest absolute Gasteiger partial charge is 0.491 e. The number of sulfonamides is 1. The van der Waals surface area contributed by atoms with Gasteiger partial charge in [0.1, 0.15) is 16.4 Å². The van der Waals surface area contributed by atoms with Crippen molar-refractivity contribution in [3.05, 3.63) is 76.5 Å². The highest BCUT2D eigenvalue weighted by atomic mass is 32.2. The Kier molecular flexibility index (Phi) is 10.5. The molecule has 1 saturated heterocycles. The van der Waals surface area contributed by atoms with Crippen LogP contribution in [0.25, 0.3) is 22.0 Å². The number of nitrogens with one attached hydrogen (secondary N) is 3. The van der Waals surface area contributed by atoms with Gasteiger partial charge in [-0.25, -0.2) is 28.0 Å². The number of H-pyrrole nitrogens is 1. The molecule has 1 aliphatic rings. The number of ether oxygens (including phenoxy) is 3. The van der Waals surface area contributed by atoms with Crippen LogP contribution in [0.4, 0.5) is 24.5 Å². The first-order valence-corrected chi connectivity index (χ1v) is 18.1. The number of thiazole rings is 1. The van der Waals surface area contributed by atoms with E-state index < -0.39 is 39.6 Å². The predicted octanol–water partition coefficient (Wildman–Crippen LogP) is 5.00. The van der Waals surface area contributed by atoms with Gasteiger partial charge in [-0.1, -0.05) is 0 Å². The third kappa shape index (κ3) is 8.62. The zero-order valence-electron chi connectivity index (χ0n) is 28.1. The number of pyridine rings is 1. The van der Waals surface area contributed by atoms with Crippen LogP contribution in [0.15, 0.2) is 65.1 Å². The van der Waals surface area contributed by atoms with Crippen molar-refractivity contribution in [3.8, 4) is 17.0 Å². The lowest BCUT2D eigenvalue weighted by atomic mass is 10.0. The number of fused-ring (bicyclic) bond motifs is 1. The summed E-state index contributed by atoms with van der Waals surface area (Å²) in [6.07, 6.45) is -2.23. The highest BCUT2D eigenvalue weighted by molar-refractivity contribution is 7.92. The van der Waals surface area contributed by atoms with Gasteiger partial charge in [-0.2, -0.15) is 18.3 Å². The monoisotopic (exact) mass is 773 g/mol. The second-order valence-electron chi connectivity index (χ2n) is 12.0. The normalized spacial score (nSPS) is 16.6. The number of methoxy groups -OCH3 is 1. The molecule has 2 atom stereocenters. The van der Waals surface area contributed by atoms with Crippen molar-refractivity contribution in [2.24, 2.45) is 0 Å². The molecule has 3 aromatic heterocycles.